The van der Waals surface area contributed by atoms with Crippen molar-refractivity contribution >= 4 is 5.97 Å². The SMILES string of the molecule is CC[C@]1(C(=O)OC)O[C@@H]1c1ccc(OC)cc1. The number of ether oxygens (including phenoxy) is 3. The summed E-state index contributed by atoms with van der Waals surface area (Å²) in [6.45, 7) is 1.92. The van der Waals surface area contributed by atoms with E-state index in [2.05, 4.69) is 0 Å². The van der Waals surface area contributed by atoms with Gasteiger partial charge in [-0.2, -0.15) is 0 Å². The van der Waals surface area contributed by atoms with E-state index < -0.39 is 5.60 Å². The maximum Gasteiger partial charge on any atom is 0.341 e. The van der Waals surface area contributed by atoms with Gasteiger partial charge >= 0.3 is 5.97 Å². The first-order valence-electron chi connectivity index (χ1n) is 5.58. The Morgan fingerprint density at radius 3 is 2.47 bits per heavy atom. The van der Waals surface area contributed by atoms with Gasteiger partial charge in [0.15, 0.2) is 5.60 Å². The molecule has 1 aromatic rings. The Morgan fingerprint density at radius 1 is 1.35 bits per heavy atom. The second-order valence-corrected chi connectivity index (χ2v) is 4.01. The van der Waals surface area contributed by atoms with Crippen LogP contribution in [0.4, 0.5) is 0 Å². The van der Waals surface area contributed by atoms with Crippen LogP contribution < -0.4 is 4.74 Å². The van der Waals surface area contributed by atoms with Gasteiger partial charge in [-0.15, -0.1) is 0 Å². The molecular formula is C13H16O4. The predicted molar refractivity (Wildman–Crippen MR) is 61.9 cm³/mol. The first-order chi connectivity index (χ1) is 8.17. The van der Waals surface area contributed by atoms with E-state index in [0.717, 1.165) is 11.3 Å². The molecule has 0 aromatic heterocycles. The Bertz CT molecular complexity index is 412. The number of rotatable bonds is 4. The number of carbonyl (C=O) groups excluding carboxylic acids is 1. The minimum absolute atomic E-state index is 0.203. The molecule has 2 rings (SSSR count). The molecule has 92 valence electrons. The number of carbonyl (C=O) groups is 1. The highest BCUT2D eigenvalue weighted by molar-refractivity contribution is 5.83. The molecule has 17 heavy (non-hydrogen) atoms. The highest BCUT2D eigenvalue weighted by Gasteiger charge is 2.62. The lowest BCUT2D eigenvalue weighted by atomic mass is 9.97. The van der Waals surface area contributed by atoms with E-state index in [-0.39, 0.29) is 12.1 Å². The molecule has 0 saturated carbocycles. The summed E-state index contributed by atoms with van der Waals surface area (Å²) >= 11 is 0. The first kappa shape index (κ1) is 11.9. The number of hydrogen-bond donors (Lipinski definition) is 0. The Kier molecular flexibility index (Phi) is 3.07. The van der Waals surface area contributed by atoms with E-state index in [0.29, 0.717) is 6.42 Å². The van der Waals surface area contributed by atoms with E-state index in [1.807, 2.05) is 31.2 Å². The third-order valence-electron chi connectivity index (χ3n) is 3.17. The fraction of sp³-hybridized carbons (Fsp3) is 0.462. The van der Waals surface area contributed by atoms with Crippen molar-refractivity contribution in [2.75, 3.05) is 14.2 Å². The van der Waals surface area contributed by atoms with Gasteiger partial charge in [-0.25, -0.2) is 4.79 Å². The standard InChI is InChI=1S/C13H16O4/c1-4-13(12(14)16-3)11(17-13)9-5-7-10(15-2)8-6-9/h5-8,11H,4H2,1-3H3/t11-,13+/m1/s1. The molecule has 1 aliphatic heterocycles. The lowest BCUT2D eigenvalue weighted by molar-refractivity contribution is -0.147. The molecule has 1 heterocycles. The molecule has 0 spiro atoms. The van der Waals surface area contributed by atoms with Gasteiger partial charge in [0.1, 0.15) is 11.9 Å². The van der Waals surface area contributed by atoms with Crippen LogP contribution in [0.3, 0.4) is 0 Å². The molecule has 1 fully saturated rings. The Hall–Kier alpha value is -1.55. The molecule has 0 N–H and O–H groups in total. The van der Waals surface area contributed by atoms with Crippen LogP contribution in [0.5, 0.6) is 5.75 Å². The third-order valence-corrected chi connectivity index (χ3v) is 3.17. The van der Waals surface area contributed by atoms with Gasteiger partial charge in [-0.1, -0.05) is 19.1 Å². The van der Waals surface area contributed by atoms with Gasteiger partial charge in [0.25, 0.3) is 0 Å². The number of esters is 1. The summed E-state index contributed by atoms with van der Waals surface area (Å²) in [6, 6.07) is 7.52. The Balaban J connectivity index is 2.17. The van der Waals surface area contributed by atoms with Crippen molar-refractivity contribution in [2.45, 2.75) is 25.0 Å². The highest BCUT2D eigenvalue weighted by atomic mass is 16.7. The van der Waals surface area contributed by atoms with E-state index in [9.17, 15) is 4.79 Å². The zero-order valence-corrected chi connectivity index (χ0v) is 10.2. The van der Waals surface area contributed by atoms with Crippen molar-refractivity contribution in [3.63, 3.8) is 0 Å². The largest absolute Gasteiger partial charge is 0.497 e. The van der Waals surface area contributed by atoms with Crippen molar-refractivity contribution in [2.24, 2.45) is 0 Å². The van der Waals surface area contributed by atoms with Crippen LogP contribution in [0, 0.1) is 0 Å². The van der Waals surface area contributed by atoms with Crippen LogP contribution in [-0.2, 0) is 14.3 Å². The molecule has 0 aliphatic carbocycles. The second kappa shape index (κ2) is 4.37. The first-order valence-corrected chi connectivity index (χ1v) is 5.58. The number of hydrogen-bond acceptors (Lipinski definition) is 4. The molecule has 4 nitrogen and oxygen atoms in total. The van der Waals surface area contributed by atoms with Gasteiger partial charge in [0.2, 0.25) is 0 Å². The molecule has 4 heteroatoms. The Labute approximate surface area is 100 Å². The quantitative estimate of drug-likeness (QED) is 0.593. The minimum atomic E-state index is -0.788. The van der Waals surface area contributed by atoms with Crippen LogP contribution in [0.25, 0.3) is 0 Å². The maximum absolute atomic E-state index is 11.7. The monoisotopic (exact) mass is 236 g/mol. The van der Waals surface area contributed by atoms with Crippen molar-refractivity contribution in [3.05, 3.63) is 29.8 Å². The van der Waals surface area contributed by atoms with E-state index in [1.54, 1.807) is 7.11 Å². The molecule has 0 unspecified atom stereocenters. The van der Waals surface area contributed by atoms with Crippen molar-refractivity contribution in [3.8, 4) is 5.75 Å². The predicted octanol–water partition coefficient (Wildman–Crippen LogP) is 2.09. The fourth-order valence-corrected chi connectivity index (χ4v) is 2.03. The fourth-order valence-electron chi connectivity index (χ4n) is 2.03. The normalized spacial score (nSPS) is 26.4. The average molecular weight is 236 g/mol. The van der Waals surface area contributed by atoms with Gasteiger partial charge in [0, 0.05) is 0 Å². The van der Waals surface area contributed by atoms with E-state index in [4.69, 9.17) is 14.2 Å². The average Bonchev–Trinajstić information content (AvgIpc) is 3.14. The van der Waals surface area contributed by atoms with Crippen molar-refractivity contribution in [1.29, 1.82) is 0 Å². The van der Waals surface area contributed by atoms with Crippen LogP contribution in [0.15, 0.2) is 24.3 Å². The van der Waals surface area contributed by atoms with Crippen LogP contribution in [0.2, 0.25) is 0 Å². The molecule has 1 aromatic carbocycles. The molecule has 2 atom stereocenters. The summed E-state index contributed by atoms with van der Waals surface area (Å²) in [5.41, 5.74) is 0.182. The summed E-state index contributed by atoms with van der Waals surface area (Å²) in [5, 5.41) is 0. The molecule has 1 aliphatic rings. The summed E-state index contributed by atoms with van der Waals surface area (Å²) in [4.78, 5) is 11.7. The summed E-state index contributed by atoms with van der Waals surface area (Å²) in [5.74, 6) is 0.482. The zero-order valence-electron chi connectivity index (χ0n) is 10.2. The molecule has 1 saturated heterocycles. The van der Waals surface area contributed by atoms with Gasteiger partial charge in [0.05, 0.1) is 14.2 Å². The smallest absolute Gasteiger partial charge is 0.341 e. The van der Waals surface area contributed by atoms with Gasteiger partial charge in [-0.3, -0.25) is 0 Å². The lowest BCUT2D eigenvalue weighted by Gasteiger charge is -2.07. The van der Waals surface area contributed by atoms with Crippen LogP contribution >= 0.6 is 0 Å². The summed E-state index contributed by atoms with van der Waals surface area (Å²) in [6.07, 6.45) is 0.405. The number of epoxide rings is 1. The van der Waals surface area contributed by atoms with E-state index >= 15 is 0 Å². The molecule has 0 amide bonds. The molecular weight excluding hydrogens is 220 g/mol. The molecule has 0 bridgehead atoms. The molecule has 0 radical (unpaired) electrons. The van der Waals surface area contributed by atoms with E-state index in [1.165, 1.54) is 7.11 Å². The summed E-state index contributed by atoms with van der Waals surface area (Å²) in [7, 11) is 3.00. The van der Waals surface area contributed by atoms with Crippen LogP contribution in [0.1, 0.15) is 25.0 Å². The Morgan fingerprint density at radius 2 is 2.00 bits per heavy atom. The number of methoxy groups -OCH3 is 2. The number of benzene rings is 1. The van der Waals surface area contributed by atoms with Crippen molar-refractivity contribution in [1.82, 2.24) is 0 Å². The minimum Gasteiger partial charge on any atom is -0.497 e. The van der Waals surface area contributed by atoms with Crippen molar-refractivity contribution < 1.29 is 19.0 Å². The highest BCUT2D eigenvalue weighted by Crippen LogP contribution is 2.52. The second-order valence-electron chi connectivity index (χ2n) is 4.01. The zero-order chi connectivity index (χ0) is 12.5. The van der Waals surface area contributed by atoms with Gasteiger partial charge in [-0.05, 0) is 24.1 Å². The lowest BCUT2D eigenvalue weighted by Crippen LogP contribution is -2.25. The summed E-state index contributed by atoms with van der Waals surface area (Å²) < 4.78 is 15.4. The maximum atomic E-state index is 11.7. The van der Waals surface area contributed by atoms with Crippen LogP contribution in [-0.4, -0.2) is 25.8 Å². The third kappa shape index (κ3) is 1.89. The topological polar surface area (TPSA) is 48.1 Å². The van der Waals surface area contributed by atoms with Gasteiger partial charge < -0.3 is 14.2 Å².